The van der Waals surface area contributed by atoms with Crippen molar-refractivity contribution in [3.05, 3.63) is 212 Å². The molecule has 0 amide bonds. The second-order valence-electron chi connectivity index (χ2n) is 15.7. The standard InChI is InChI=1S/C57H35N5O/c1-4-12-36(13-5-1)37-20-24-39(25-21-37)50-34-51(60-55(59-50)41-14-6-2-7-15-41)40-26-22-38(23-27-40)48-33-49-53-54(63-57(49)58-35-48)52(61-56(62-53)42-16-8-3-9-17-42)46-29-28-45-30-43-18-10-11-19-44(43)31-47(45)32-46/h1-35H. The summed E-state index contributed by atoms with van der Waals surface area (Å²) >= 11 is 0. The molecule has 0 aliphatic heterocycles. The number of nitrogens with zero attached hydrogens (tertiary/aromatic N) is 5. The maximum Gasteiger partial charge on any atom is 0.229 e. The first-order valence-electron chi connectivity index (χ1n) is 21.0. The lowest BCUT2D eigenvalue weighted by atomic mass is 10.00. The molecule has 63 heavy (non-hydrogen) atoms. The Hall–Kier alpha value is -8.61. The highest BCUT2D eigenvalue weighted by Crippen LogP contribution is 2.38. The van der Waals surface area contributed by atoms with Gasteiger partial charge in [-0.1, -0.05) is 176 Å². The maximum atomic E-state index is 6.55. The molecule has 0 radical (unpaired) electrons. The number of aromatic nitrogens is 5. The molecule has 0 spiro atoms. The molecular weight excluding hydrogens is 771 g/mol. The fourth-order valence-corrected chi connectivity index (χ4v) is 8.44. The molecule has 0 saturated heterocycles. The molecule has 0 bridgehead atoms. The van der Waals surface area contributed by atoms with Crippen LogP contribution in [0.2, 0.25) is 0 Å². The van der Waals surface area contributed by atoms with Crippen LogP contribution in [0.25, 0.3) is 123 Å². The van der Waals surface area contributed by atoms with Crippen molar-refractivity contribution in [2.24, 2.45) is 0 Å². The Morgan fingerprint density at radius 3 is 1.41 bits per heavy atom. The van der Waals surface area contributed by atoms with E-state index in [4.69, 9.17) is 29.3 Å². The third-order valence-electron chi connectivity index (χ3n) is 11.7. The number of hydrogen-bond acceptors (Lipinski definition) is 6. The number of rotatable bonds is 7. The molecule has 4 heterocycles. The van der Waals surface area contributed by atoms with Gasteiger partial charge in [0.2, 0.25) is 5.71 Å². The fourth-order valence-electron chi connectivity index (χ4n) is 8.44. The number of furan rings is 1. The summed E-state index contributed by atoms with van der Waals surface area (Å²) in [5.74, 6) is 1.30. The summed E-state index contributed by atoms with van der Waals surface area (Å²) in [6.07, 6.45) is 1.86. The largest absolute Gasteiger partial charge is 0.434 e. The highest BCUT2D eigenvalue weighted by molar-refractivity contribution is 6.08. The summed E-state index contributed by atoms with van der Waals surface area (Å²) < 4.78 is 6.55. The highest BCUT2D eigenvalue weighted by atomic mass is 16.3. The number of pyridine rings is 1. The molecule has 0 saturated carbocycles. The smallest absolute Gasteiger partial charge is 0.229 e. The SMILES string of the molecule is c1ccc(-c2ccc(-c3cc(-c4ccc(-c5cnc6oc7c(-c8ccc9cc%10ccccc%10cc9c8)nc(-c8ccccc8)nc7c6c5)cc4)nc(-c4ccccc4)n3)cc2)cc1. The van der Waals surface area contributed by atoms with Gasteiger partial charge in [-0.25, -0.2) is 24.9 Å². The van der Waals surface area contributed by atoms with E-state index in [1.54, 1.807) is 0 Å². The van der Waals surface area contributed by atoms with Crippen molar-refractivity contribution < 1.29 is 4.42 Å². The second-order valence-corrected chi connectivity index (χ2v) is 15.7. The molecule has 0 atom stereocenters. The Morgan fingerprint density at radius 2 is 0.794 bits per heavy atom. The Bertz CT molecular complexity index is 3640. The second kappa shape index (κ2) is 15.1. The highest BCUT2D eigenvalue weighted by Gasteiger charge is 2.20. The molecule has 0 N–H and O–H groups in total. The van der Waals surface area contributed by atoms with Crippen LogP contribution >= 0.6 is 0 Å². The third-order valence-corrected chi connectivity index (χ3v) is 11.7. The van der Waals surface area contributed by atoms with Crippen LogP contribution in [0.3, 0.4) is 0 Å². The number of hydrogen-bond donors (Lipinski definition) is 0. The average Bonchev–Trinajstić information content (AvgIpc) is 3.74. The van der Waals surface area contributed by atoms with Crippen LogP contribution in [0, 0.1) is 0 Å². The molecule has 6 nitrogen and oxygen atoms in total. The van der Waals surface area contributed by atoms with E-state index in [-0.39, 0.29) is 0 Å². The van der Waals surface area contributed by atoms with Crippen LogP contribution < -0.4 is 0 Å². The van der Waals surface area contributed by atoms with Crippen molar-refractivity contribution in [1.29, 1.82) is 0 Å². The van der Waals surface area contributed by atoms with Gasteiger partial charge in [0.05, 0.1) is 16.8 Å². The van der Waals surface area contributed by atoms with Crippen LogP contribution in [0.5, 0.6) is 0 Å². The van der Waals surface area contributed by atoms with Crippen LogP contribution in [0.1, 0.15) is 0 Å². The van der Waals surface area contributed by atoms with Crippen molar-refractivity contribution in [1.82, 2.24) is 24.9 Å². The molecule has 4 aromatic heterocycles. The zero-order valence-corrected chi connectivity index (χ0v) is 33.9. The van der Waals surface area contributed by atoms with Gasteiger partial charge in [-0.3, -0.25) is 0 Å². The monoisotopic (exact) mass is 805 g/mol. The average molecular weight is 806 g/mol. The zero-order valence-electron chi connectivity index (χ0n) is 33.9. The maximum absolute atomic E-state index is 6.55. The summed E-state index contributed by atoms with van der Waals surface area (Å²) in [4.78, 5) is 25.3. The summed E-state index contributed by atoms with van der Waals surface area (Å²) in [5, 5.41) is 5.52. The molecule has 294 valence electrons. The van der Waals surface area contributed by atoms with Crippen LogP contribution in [-0.2, 0) is 0 Å². The van der Waals surface area contributed by atoms with E-state index >= 15 is 0 Å². The topological polar surface area (TPSA) is 77.6 Å². The Morgan fingerprint density at radius 1 is 0.317 bits per heavy atom. The molecule has 6 heteroatoms. The quantitative estimate of drug-likeness (QED) is 0.149. The van der Waals surface area contributed by atoms with Crippen LogP contribution in [0.4, 0.5) is 0 Å². The van der Waals surface area contributed by atoms with Crippen molar-refractivity contribution in [2.75, 3.05) is 0 Å². The van der Waals surface area contributed by atoms with Gasteiger partial charge >= 0.3 is 0 Å². The predicted molar refractivity (Wildman–Crippen MR) is 256 cm³/mol. The van der Waals surface area contributed by atoms with E-state index in [2.05, 4.69) is 140 Å². The van der Waals surface area contributed by atoms with E-state index in [9.17, 15) is 0 Å². The van der Waals surface area contributed by atoms with Gasteiger partial charge in [0.15, 0.2) is 17.2 Å². The van der Waals surface area contributed by atoms with E-state index in [1.807, 2.05) is 72.9 Å². The molecule has 0 aliphatic rings. The van der Waals surface area contributed by atoms with Gasteiger partial charge in [0.25, 0.3) is 0 Å². The van der Waals surface area contributed by atoms with Crippen molar-refractivity contribution in [2.45, 2.75) is 0 Å². The van der Waals surface area contributed by atoms with Gasteiger partial charge in [-0.15, -0.1) is 0 Å². The summed E-state index contributed by atoms with van der Waals surface area (Å²) in [6.45, 7) is 0. The van der Waals surface area contributed by atoms with Gasteiger partial charge < -0.3 is 4.42 Å². The molecule has 0 fully saturated rings. The fraction of sp³-hybridized carbons (Fsp3) is 0. The first-order valence-corrected chi connectivity index (χ1v) is 21.0. The molecule has 0 aliphatic carbocycles. The minimum absolute atomic E-state index is 0.511. The van der Waals surface area contributed by atoms with E-state index in [0.29, 0.717) is 22.9 Å². The summed E-state index contributed by atoms with van der Waals surface area (Å²) in [7, 11) is 0. The van der Waals surface area contributed by atoms with Crippen molar-refractivity contribution in [3.8, 4) is 78.8 Å². The lowest BCUT2D eigenvalue weighted by Crippen LogP contribution is -1.96. The van der Waals surface area contributed by atoms with Gasteiger partial charge in [0.1, 0.15) is 11.2 Å². The normalized spacial score (nSPS) is 11.5. The van der Waals surface area contributed by atoms with Gasteiger partial charge in [-0.05, 0) is 68.6 Å². The first-order chi connectivity index (χ1) is 31.2. The van der Waals surface area contributed by atoms with Crippen LogP contribution in [-0.4, -0.2) is 24.9 Å². The molecular formula is C57H35N5O. The van der Waals surface area contributed by atoms with Crippen molar-refractivity contribution in [3.63, 3.8) is 0 Å². The first kappa shape index (κ1) is 36.3. The Balaban J connectivity index is 0.935. The minimum Gasteiger partial charge on any atom is -0.434 e. The lowest BCUT2D eigenvalue weighted by Gasteiger charge is -2.11. The summed E-state index contributed by atoms with van der Waals surface area (Å²) in [5.41, 5.74) is 13.4. The lowest BCUT2D eigenvalue weighted by molar-refractivity contribution is 0.653. The number of fused-ring (bicyclic) bond motifs is 5. The molecule has 0 unspecified atom stereocenters. The van der Waals surface area contributed by atoms with Crippen molar-refractivity contribution >= 4 is 43.7 Å². The number of benzene rings is 8. The van der Waals surface area contributed by atoms with E-state index in [1.165, 1.54) is 21.7 Å². The van der Waals surface area contributed by atoms with Crippen LogP contribution in [0.15, 0.2) is 217 Å². The predicted octanol–water partition coefficient (Wildman–Crippen LogP) is 14.5. The Kier molecular flexibility index (Phi) is 8.71. The van der Waals surface area contributed by atoms with E-state index in [0.717, 1.165) is 77.9 Å². The molecule has 8 aromatic carbocycles. The van der Waals surface area contributed by atoms with Gasteiger partial charge in [0, 0.05) is 39.6 Å². The Labute approximate surface area is 362 Å². The zero-order chi connectivity index (χ0) is 41.7. The molecule has 12 rings (SSSR count). The van der Waals surface area contributed by atoms with E-state index < -0.39 is 0 Å². The third kappa shape index (κ3) is 6.76. The molecule has 12 aromatic rings. The van der Waals surface area contributed by atoms with Gasteiger partial charge in [-0.2, -0.15) is 0 Å². The summed E-state index contributed by atoms with van der Waals surface area (Å²) in [6, 6.07) is 71.3. The minimum atomic E-state index is 0.511.